The summed E-state index contributed by atoms with van der Waals surface area (Å²) < 4.78 is 5.16. The van der Waals surface area contributed by atoms with E-state index in [1.54, 1.807) is 6.08 Å². The number of nitrogens with one attached hydrogen (secondary N) is 1. The van der Waals surface area contributed by atoms with Crippen molar-refractivity contribution in [1.82, 2.24) is 5.32 Å². The molecule has 0 spiro atoms. The van der Waals surface area contributed by atoms with Crippen molar-refractivity contribution in [2.45, 2.75) is 6.23 Å². The van der Waals surface area contributed by atoms with Crippen LogP contribution in [0, 0.1) is 6.92 Å². The van der Waals surface area contributed by atoms with Gasteiger partial charge in [-0.1, -0.05) is 6.08 Å². The first kappa shape index (κ1) is 5.79. The lowest BCUT2D eigenvalue weighted by molar-refractivity contribution is 0.138. The summed E-state index contributed by atoms with van der Waals surface area (Å²) >= 11 is 0. The van der Waals surface area contributed by atoms with Crippen LogP contribution in [0.1, 0.15) is 0 Å². The molecule has 1 aliphatic heterocycles. The number of ether oxygens (including phenoxy) is 1. The number of hydrogen-bond donors (Lipinski definition) is 1. The maximum atomic E-state index is 5.16. The van der Waals surface area contributed by atoms with E-state index in [4.69, 9.17) is 4.74 Å². The van der Waals surface area contributed by atoms with E-state index in [2.05, 4.69) is 12.2 Å². The van der Waals surface area contributed by atoms with Gasteiger partial charge in [-0.15, -0.1) is 0 Å². The van der Waals surface area contributed by atoms with Crippen molar-refractivity contribution in [3.8, 4) is 0 Å². The summed E-state index contributed by atoms with van der Waals surface area (Å²) in [5, 5.41) is 3.11. The lowest BCUT2D eigenvalue weighted by Gasteiger charge is -1.99. The van der Waals surface area contributed by atoms with E-state index >= 15 is 0 Å². The van der Waals surface area contributed by atoms with Crippen LogP contribution in [0.25, 0.3) is 0 Å². The molecule has 0 amide bonds. The molecule has 0 aromatic heterocycles. The maximum absolute atomic E-state index is 5.16. The fourth-order valence-corrected chi connectivity index (χ4v) is 0.693. The van der Waals surface area contributed by atoms with Crippen LogP contribution in [-0.2, 0) is 4.74 Å². The van der Waals surface area contributed by atoms with E-state index in [1.807, 2.05) is 6.08 Å². The highest BCUT2D eigenvalue weighted by atomic mass is 16.5. The van der Waals surface area contributed by atoms with Gasteiger partial charge in [-0.25, -0.2) is 0 Å². The highest BCUT2D eigenvalue weighted by molar-refractivity contribution is 4.91. The Morgan fingerprint density at radius 2 is 2.62 bits per heavy atom. The Labute approximate surface area is 49.5 Å². The van der Waals surface area contributed by atoms with Crippen LogP contribution in [0.15, 0.2) is 12.2 Å². The van der Waals surface area contributed by atoms with Crippen molar-refractivity contribution < 1.29 is 4.74 Å². The minimum atomic E-state index is 0.118. The Morgan fingerprint density at radius 3 is 3.12 bits per heavy atom. The van der Waals surface area contributed by atoms with Crippen LogP contribution in [0.2, 0.25) is 0 Å². The highest BCUT2D eigenvalue weighted by Gasteiger charge is 2.08. The minimum Gasteiger partial charge on any atom is -0.358 e. The summed E-state index contributed by atoms with van der Waals surface area (Å²) in [5.74, 6) is 0. The molecule has 2 heteroatoms. The van der Waals surface area contributed by atoms with E-state index < -0.39 is 0 Å². The van der Waals surface area contributed by atoms with Gasteiger partial charge in [0.2, 0.25) is 0 Å². The lowest BCUT2D eigenvalue weighted by atomic mass is 10.5. The Balaban J connectivity index is 2.24. The summed E-state index contributed by atoms with van der Waals surface area (Å²) in [4.78, 5) is 0. The zero-order valence-electron chi connectivity index (χ0n) is 4.76. The van der Waals surface area contributed by atoms with E-state index in [0.717, 1.165) is 13.2 Å². The van der Waals surface area contributed by atoms with Gasteiger partial charge in [-0.05, 0) is 13.0 Å². The average Bonchev–Trinajstić information content (AvgIpc) is 2.19. The van der Waals surface area contributed by atoms with Crippen molar-refractivity contribution in [3.63, 3.8) is 0 Å². The van der Waals surface area contributed by atoms with Gasteiger partial charge in [-0.3, -0.25) is 5.32 Å². The quantitative estimate of drug-likeness (QED) is 0.527. The molecule has 1 radical (unpaired) electrons. The van der Waals surface area contributed by atoms with Crippen LogP contribution >= 0.6 is 0 Å². The Kier molecular flexibility index (Phi) is 2.06. The summed E-state index contributed by atoms with van der Waals surface area (Å²) in [6.07, 6.45) is 3.75. The molecule has 1 atom stereocenters. The number of rotatable bonds is 1. The highest BCUT2D eigenvalue weighted by Crippen LogP contribution is 1.94. The van der Waals surface area contributed by atoms with Gasteiger partial charge in [0.05, 0.1) is 6.61 Å². The van der Waals surface area contributed by atoms with E-state index in [0.29, 0.717) is 0 Å². The van der Waals surface area contributed by atoms with Crippen LogP contribution in [0.4, 0.5) is 0 Å². The van der Waals surface area contributed by atoms with Crippen LogP contribution in [-0.4, -0.2) is 19.4 Å². The second kappa shape index (κ2) is 2.84. The van der Waals surface area contributed by atoms with Crippen LogP contribution in [0.3, 0.4) is 0 Å². The molecule has 0 bridgehead atoms. The summed E-state index contributed by atoms with van der Waals surface area (Å²) in [5.41, 5.74) is 0. The molecule has 1 heterocycles. The smallest absolute Gasteiger partial charge is 0.127 e. The van der Waals surface area contributed by atoms with Gasteiger partial charge in [0.15, 0.2) is 0 Å². The number of allylic oxidation sites excluding steroid dienone is 1. The van der Waals surface area contributed by atoms with Crippen molar-refractivity contribution in [1.29, 1.82) is 0 Å². The Morgan fingerprint density at radius 1 is 1.75 bits per heavy atom. The Bertz CT molecular complexity index is 84.5. The predicted molar refractivity (Wildman–Crippen MR) is 32.2 cm³/mol. The molecule has 0 aliphatic carbocycles. The molecule has 1 unspecified atom stereocenters. The monoisotopic (exact) mass is 112 g/mol. The first-order valence-corrected chi connectivity index (χ1v) is 2.74. The van der Waals surface area contributed by atoms with Gasteiger partial charge in [0.25, 0.3) is 0 Å². The largest absolute Gasteiger partial charge is 0.358 e. The molecular formula is C6H10NO. The Hall–Kier alpha value is -0.340. The van der Waals surface area contributed by atoms with Crippen LogP contribution in [0.5, 0.6) is 0 Å². The minimum absolute atomic E-state index is 0.118. The van der Waals surface area contributed by atoms with Gasteiger partial charge in [0.1, 0.15) is 6.23 Å². The first-order chi connectivity index (χ1) is 3.93. The molecule has 0 aromatic rings. The lowest BCUT2D eigenvalue weighted by Crippen LogP contribution is -2.19. The molecule has 1 aliphatic rings. The molecule has 45 valence electrons. The molecular weight excluding hydrogens is 102 g/mol. The fraction of sp³-hybridized carbons (Fsp3) is 0.500. The van der Waals surface area contributed by atoms with Crippen molar-refractivity contribution in [3.05, 3.63) is 19.1 Å². The SMILES string of the molecule is [CH2]/C=C/C1NCCO1. The van der Waals surface area contributed by atoms with E-state index in [-0.39, 0.29) is 6.23 Å². The standard InChI is InChI=1S/C6H10NO/c1-2-3-6-7-4-5-8-6/h2-3,6-7H,1,4-5H2/b3-2+. The molecule has 1 fully saturated rings. The molecule has 1 rings (SSSR count). The summed E-state index contributed by atoms with van der Waals surface area (Å²) in [7, 11) is 0. The second-order valence-electron chi connectivity index (χ2n) is 1.67. The summed E-state index contributed by atoms with van der Waals surface area (Å²) in [6, 6.07) is 0. The first-order valence-electron chi connectivity index (χ1n) is 2.74. The van der Waals surface area contributed by atoms with Crippen molar-refractivity contribution in [2.75, 3.05) is 13.2 Å². The molecule has 2 nitrogen and oxygen atoms in total. The van der Waals surface area contributed by atoms with Crippen molar-refractivity contribution >= 4 is 0 Å². The zero-order chi connectivity index (χ0) is 5.82. The maximum Gasteiger partial charge on any atom is 0.127 e. The molecule has 0 aromatic carbocycles. The number of hydrogen-bond acceptors (Lipinski definition) is 2. The molecule has 8 heavy (non-hydrogen) atoms. The third-order valence-electron chi connectivity index (χ3n) is 1.06. The topological polar surface area (TPSA) is 21.3 Å². The third-order valence-corrected chi connectivity index (χ3v) is 1.06. The summed E-state index contributed by atoms with van der Waals surface area (Å²) in [6.45, 7) is 5.32. The molecule has 0 saturated carbocycles. The molecule has 1 saturated heterocycles. The van der Waals surface area contributed by atoms with Crippen LogP contribution < -0.4 is 5.32 Å². The second-order valence-corrected chi connectivity index (χ2v) is 1.67. The predicted octanol–water partition coefficient (Wildman–Crippen LogP) is 0.323. The van der Waals surface area contributed by atoms with Gasteiger partial charge < -0.3 is 4.74 Å². The van der Waals surface area contributed by atoms with Gasteiger partial charge in [0, 0.05) is 6.54 Å². The van der Waals surface area contributed by atoms with E-state index in [9.17, 15) is 0 Å². The fourth-order valence-electron chi connectivity index (χ4n) is 0.693. The van der Waals surface area contributed by atoms with E-state index in [1.165, 1.54) is 0 Å². The van der Waals surface area contributed by atoms with Crippen molar-refractivity contribution in [2.24, 2.45) is 0 Å². The normalized spacial score (nSPS) is 29.9. The van der Waals surface area contributed by atoms with Gasteiger partial charge >= 0.3 is 0 Å². The van der Waals surface area contributed by atoms with Gasteiger partial charge in [-0.2, -0.15) is 0 Å². The third kappa shape index (κ3) is 1.32. The average molecular weight is 112 g/mol. The zero-order valence-corrected chi connectivity index (χ0v) is 4.76. The molecule has 1 N–H and O–H groups in total.